The van der Waals surface area contributed by atoms with Crippen LogP contribution in [-0.4, -0.2) is 26.4 Å². The number of anilines is 2. The highest BCUT2D eigenvalue weighted by molar-refractivity contribution is 7.92. The van der Waals surface area contributed by atoms with Crippen LogP contribution in [0, 0.1) is 23.0 Å². The molecule has 0 unspecified atom stereocenters. The summed E-state index contributed by atoms with van der Waals surface area (Å²) >= 11 is 0. The summed E-state index contributed by atoms with van der Waals surface area (Å²) < 4.78 is 27.9. The van der Waals surface area contributed by atoms with Crippen LogP contribution in [-0.2, 0) is 10.0 Å². The molecule has 0 bridgehead atoms. The molecular formula is C19H23N3O4S. The van der Waals surface area contributed by atoms with Crippen molar-refractivity contribution in [2.45, 2.75) is 31.6 Å². The molecule has 0 aromatic heterocycles. The second kappa shape index (κ2) is 7.56. The number of benzene rings is 2. The van der Waals surface area contributed by atoms with Gasteiger partial charge in [-0.2, -0.15) is 0 Å². The Kier molecular flexibility index (Phi) is 5.36. The summed E-state index contributed by atoms with van der Waals surface area (Å²) in [6.45, 7) is 5.69. The third-order valence-electron chi connectivity index (χ3n) is 5.01. The molecule has 2 aromatic rings. The van der Waals surface area contributed by atoms with Crippen molar-refractivity contribution in [2.75, 3.05) is 22.7 Å². The third-order valence-corrected chi connectivity index (χ3v) is 6.54. The number of hydrogen-bond acceptors (Lipinski definition) is 5. The van der Waals surface area contributed by atoms with Gasteiger partial charge in [0.1, 0.15) is 0 Å². The highest BCUT2D eigenvalue weighted by atomic mass is 32.2. The predicted octanol–water partition coefficient (Wildman–Crippen LogP) is 3.94. The van der Waals surface area contributed by atoms with E-state index in [-0.39, 0.29) is 16.1 Å². The van der Waals surface area contributed by atoms with Crippen molar-refractivity contribution in [2.24, 2.45) is 5.92 Å². The first-order valence-corrected chi connectivity index (χ1v) is 10.4. The quantitative estimate of drug-likeness (QED) is 0.618. The summed E-state index contributed by atoms with van der Waals surface area (Å²) in [5.74, 6) is 0.741. The minimum Gasteiger partial charge on any atom is -0.372 e. The van der Waals surface area contributed by atoms with Crippen LogP contribution in [0.5, 0.6) is 0 Å². The van der Waals surface area contributed by atoms with Gasteiger partial charge in [-0.15, -0.1) is 0 Å². The molecule has 1 aliphatic rings. The maximum Gasteiger partial charge on any atom is 0.273 e. The highest BCUT2D eigenvalue weighted by Crippen LogP contribution is 2.28. The molecule has 1 fully saturated rings. The minimum atomic E-state index is -3.91. The van der Waals surface area contributed by atoms with Gasteiger partial charge in [0.25, 0.3) is 15.7 Å². The van der Waals surface area contributed by atoms with E-state index in [1.54, 1.807) is 12.1 Å². The molecule has 1 saturated heterocycles. The molecule has 1 N–H and O–H groups in total. The van der Waals surface area contributed by atoms with E-state index < -0.39 is 14.9 Å². The van der Waals surface area contributed by atoms with E-state index in [1.165, 1.54) is 25.1 Å². The van der Waals surface area contributed by atoms with Gasteiger partial charge in [0.05, 0.1) is 9.82 Å². The molecule has 0 saturated carbocycles. The lowest BCUT2D eigenvalue weighted by Crippen LogP contribution is -2.32. The lowest BCUT2D eigenvalue weighted by atomic mass is 9.99. The van der Waals surface area contributed by atoms with Crippen LogP contribution in [0.3, 0.4) is 0 Å². The lowest BCUT2D eigenvalue weighted by molar-refractivity contribution is -0.385. The zero-order valence-corrected chi connectivity index (χ0v) is 16.2. The van der Waals surface area contributed by atoms with E-state index in [0.717, 1.165) is 37.5 Å². The van der Waals surface area contributed by atoms with Gasteiger partial charge in [-0.3, -0.25) is 14.8 Å². The number of piperidine rings is 1. The third kappa shape index (κ3) is 4.21. The number of sulfonamides is 1. The molecule has 0 amide bonds. The standard InChI is InChI=1S/C19H23N3O4S/c1-14-10-12-21(13-11-14)17-8-6-16(7-9-17)20-27(25,26)19-5-3-4-18(15(19)2)22(23)24/h3-9,14,20H,10-13H2,1-2H3. The molecule has 0 spiro atoms. The van der Waals surface area contributed by atoms with Gasteiger partial charge >= 0.3 is 0 Å². The summed E-state index contributed by atoms with van der Waals surface area (Å²) in [5, 5.41) is 11.1. The maximum absolute atomic E-state index is 12.7. The Morgan fingerprint density at radius 2 is 1.74 bits per heavy atom. The number of nitro benzene ring substituents is 1. The second-order valence-electron chi connectivity index (χ2n) is 6.98. The first-order chi connectivity index (χ1) is 12.8. The topological polar surface area (TPSA) is 92.5 Å². The van der Waals surface area contributed by atoms with Crippen molar-refractivity contribution < 1.29 is 13.3 Å². The zero-order valence-electron chi connectivity index (χ0n) is 15.4. The molecule has 0 atom stereocenters. The smallest absolute Gasteiger partial charge is 0.273 e. The number of nitro groups is 1. The molecule has 8 heteroatoms. The molecule has 0 aliphatic carbocycles. The maximum atomic E-state index is 12.7. The van der Waals surface area contributed by atoms with Gasteiger partial charge in [-0.1, -0.05) is 13.0 Å². The van der Waals surface area contributed by atoms with Gasteiger partial charge in [0.15, 0.2) is 0 Å². The van der Waals surface area contributed by atoms with E-state index >= 15 is 0 Å². The van der Waals surface area contributed by atoms with Gasteiger partial charge in [-0.25, -0.2) is 8.42 Å². The number of hydrogen-bond donors (Lipinski definition) is 1. The fourth-order valence-electron chi connectivity index (χ4n) is 3.31. The lowest BCUT2D eigenvalue weighted by Gasteiger charge is -2.32. The first-order valence-electron chi connectivity index (χ1n) is 8.90. The van der Waals surface area contributed by atoms with Crippen molar-refractivity contribution in [1.82, 2.24) is 0 Å². The summed E-state index contributed by atoms with van der Waals surface area (Å²) in [7, 11) is -3.91. The zero-order chi connectivity index (χ0) is 19.6. The highest BCUT2D eigenvalue weighted by Gasteiger charge is 2.23. The number of nitrogens with zero attached hydrogens (tertiary/aromatic N) is 2. The van der Waals surface area contributed by atoms with Gasteiger partial charge < -0.3 is 4.90 Å². The normalized spacial score (nSPS) is 15.6. The van der Waals surface area contributed by atoms with Gasteiger partial charge in [-0.05, 0) is 56.0 Å². The van der Waals surface area contributed by atoms with E-state index in [4.69, 9.17) is 0 Å². The summed E-state index contributed by atoms with van der Waals surface area (Å²) in [5.41, 5.74) is 1.40. The number of rotatable bonds is 5. The minimum absolute atomic E-state index is 0.0919. The average Bonchev–Trinajstić information content (AvgIpc) is 2.62. The van der Waals surface area contributed by atoms with Crippen molar-refractivity contribution >= 4 is 27.1 Å². The summed E-state index contributed by atoms with van der Waals surface area (Å²) in [6.07, 6.45) is 2.31. The molecule has 144 valence electrons. The Labute approximate surface area is 159 Å². The van der Waals surface area contributed by atoms with Crippen molar-refractivity contribution in [1.29, 1.82) is 0 Å². The van der Waals surface area contributed by atoms with Crippen molar-refractivity contribution in [3.63, 3.8) is 0 Å². The molecule has 27 heavy (non-hydrogen) atoms. The van der Waals surface area contributed by atoms with E-state index in [2.05, 4.69) is 16.5 Å². The van der Waals surface area contributed by atoms with Crippen LogP contribution >= 0.6 is 0 Å². The molecule has 3 rings (SSSR count). The Morgan fingerprint density at radius 1 is 1.11 bits per heavy atom. The molecule has 1 aliphatic heterocycles. The fraction of sp³-hybridized carbons (Fsp3) is 0.368. The predicted molar refractivity (Wildman–Crippen MR) is 106 cm³/mol. The van der Waals surface area contributed by atoms with Crippen LogP contribution < -0.4 is 9.62 Å². The number of nitrogens with one attached hydrogen (secondary N) is 1. The molecule has 7 nitrogen and oxygen atoms in total. The monoisotopic (exact) mass is 389 g/mol. The summed E-state index contributed by atoms with van der Waals surface area (Å²) in [6, 6.07) is 11.3. The summed E-state index contributed by atoms with van der Waals surface area (Å²) in [4.78, 5) is 12.7. The SMILES string of the molecule is Cc1c([N+](=O)[O-])cccc1S(=O)(=O)Nc1ccc(N2CCC(C)CC2)cc1. The van der Waals surface area contributed by atoms with Crippen LogP contribution in [0.25, 0.3) is 0 Å². The van der Waals surface area contributed by atoms with E-state index in [9.17, 15) is 18.5 Å². The van der Waals surface area contributed by atoms with E-state index in [1.807, 2.05) is 12.1 Å². The Bertz CT molecular complexity index is 934. The van der Waals surface area contributed by atoms with Gasteiger partial charge in [0.2, 0.25) is 0 Å². The Hall–Kier alpha value is -2.61. The largest absolute Gasteiger partial charge is 0.372 e. The van der Waals surface area contributed by atoms with Crippen LogP contribution in [0.2, 0.25) is 0 Å². The van der Waals surface area contributed by atoms with Crippen molar-refractivity contribution in [3.05, 3.63) is 58.1 Å². The van der Waals surface area contributed by atoms with Gasteiger partial charge in [0, 0.05) is 36.1 Å². The average molecular weight is 389 g/mol. The molecule has 1 heterocycles. The Balaban J connectivity index is 1.79. The van der Waals surface area contributed by atoms with Crippen molar-refractivity contribution in [3.8, 4) is 0 Å². The van der Waals surface area contributed by atoms with Crippen LogP contribution in [0.15, 0.2) is 47.4 Å². The van der Waals surface area contributed by atoms with E-state index in [0.29, 0.717) is 5.69 Å². The Morgan fingerprint density at radius 3 is 2.33 bits per heavy atom. The molecule has 2 aromatic carbocycles. The fourth-order valence-corrected chi connectivity index (χ4v) is 4.63. The van der Waals surface area contributed by atoms with Crippen LogP contribution in [0.1, 0.15) is 25.3 Å². The molecule has 0 radical (unpaired) electrons. The molecular weight excluding hydrogens is 366 g/mol. The van der Waals surface area contributed by atoms with Crippen LogP contribution in [0.4, 0.5) is 17.1 Å². The second-order valence-corrected chi connectivity index (χ2v) is 8.63. The first kappa shape index (κ1) is 19.2.